The molecule has 1 rings (SSSR count). The zero-order chi connectivity index (χ0) is 20.7. The van der Waals surface area contributed by atoms with E-state index in [0.29, 0.717) is 6.42 Å². The Morgan fingerprint density at radius 1 is 0.750 bits per heavy atom. The minimum Gasteiger partial charge on any atom is -0.294 e. The van der Waals surface area contributed by atoms with E-state index < -0.39 is 10.1 Å². The molecule has 160 valence electrons. The van der Waals surface area contributed by atoms with Crippen molar-refractivity contribution in [3.05, 3.63) is 29.8 Å². The lowest BCUT2D eigenvalue weighted by Crippen LogP contribution is -2.08. The van der Waals surface area contributed by atoms with E-state index in [2.05, 4.69) is 6.92 Å². The van der Waals surface area contributed by atoms with E-state index in [1.807, 2.05) is 0 Å². The zero-order valence-electron chi connectivity index (χ0n) is 17.5. The molecule has 1 N–H and O–H groups in total. The molecule has 28 heavy (non-hydrogen) atoms. The number of hydrogen-bond acceptors (Lipinski definition) is 3. The van der Waals surface area contributed by atoms with Crippen LogP contribution in [-0.2, 0) is 10.1 Å². The number of ketones is 1. The van der Waals surface area contributed by atoms with Crippen molar-refractivity contribution in [2.75, 3.05) is 0 Å². The van der Waals surface area contributed by atoms with Crippen molar-refractivity contribution in [3.8, 4) is 0 Å². The van der Waals surface area contributed by atoms with E-state index in [9.17, 15) is 17.8 Å². The molecule has 0 saturated heterocycles. The van der Waals surface area contributed by atoms with Crippen LogP contribution in [0.4, 0.5) is 0 Å². The van der Waals surface area contributed by atoms with E-state index >= 15 is 0 Å². The van der Waals surface area contributed by atoms with E-state index in [1.165, 1.54) is 88.8 Å². The highest BCUT2D eigenvalue weighted by Gasteiger charge is 2.19. The molecule has 0 fully saturated rings. The minimum atomic E-state index is -4.36. The van der Waals surface area contributed by atoms with Crippen molar-refractivity contribution in [1.29, 1.82) is 0 Å². The molecule has 0 saturated carbocycles. The lowest BCUT2D eigenvalue weighted by Gasteiger charge is -2.06. The third-order valence-corrected chi connectivity index (χ3v) is 6.13. The average molecular weight is 411 g/mol. The summed E-state index contributed by atoms with van der Waals surface area (Å²) in [6.45, 7) is 2.25. The van der Waals surface area contributed by atoms with Crippen molar-refractivity contribution in [2.45, 2.75) is 108 Å². The molecule has 0 aliphatic rings. The Bertz CT molecular complexity index is 652. The predicted molar refractivity (Wildman–Crippen MR) is 116 cm³/mol. The topological polar surface area (TPSA) is 71.4 Å². The number of benzene rings is 1. The van der Waals surface area contributed by atoms with Crippen LogP contribution >= 0.6 is 0 Å². The highest BCUT2D eigenvalue weighted by Crippen LogP contribution is 2.19. The molecule has 5 heteroatoms. The monoisotopic (exact) mass is 410 g/mol. The number of carbonyl (C=O) groups is 1. The van der Waals surface area contributed by atoms with Gasteiger partial charge in [0, 0.05) is 12.0 Å². The van der Waals surface area contributed by atoms with E-state index in [-0.39, 0.29) is 16.2 Å². The van der Waals surface area contributed by atoms with Gasteiger partial charge in [0.05, 0.1) is 0 Å². The van der Waals surface area contributed by atoms with Gasteiger partial charge in [-0.1, -0.05) is 109 Å². The zero-order valence-corrected chi connectivity index (χ0v) is 18.3. The molecule has 0 aliphatic carbocycles. The van der Waals surface area contributed by atoms with Crippen molar-refractivity contribution in [2.24, 2.45) is 0 Å². The maximum Gasteiger partial charge on any atom is 0.295 e. The van der Waals surface area contributed by atoms with E-state index in [1.54, 1.807) is 6.07 Å². The summed E-state index contributed by atoms with van der Waals surface area (Å²) in [5.74, 6) is -0.216. The molecule has 0 heterocycles. The van der Waals surface area contributed by atoms with Gasteiger partial charge in [0.2, 0.25) is 0 Å². The van der Waals surface area contributed by atoms with Crippen LogP contribution in [0, 0.1) is 0 Å². The van der Waals surface area contributed by atoms with Crippen LogP contribution in [-0.4, -0.2) is 18.8 Å². The average Bonchev–Trinajstić information content (AvgIpc) is 2.67. The van der Waals surface area contributed by atoms with Crippen LogP contribution in [0.15, 0.2) is 29.2 Å². The lowest BCUT2D eigenvalue weighted by molar-refractivity contribution is 0.0975. The number of rotatable bonds is 17. The molecular weight excluding hydrogens is 372 g/mol. The SMILES string of the molecule is CCCCCCCCCCCCCCCCC(=O)c1ccccc1S(=O)(=O)O. The Balaban J connectivity index is 2.04. The van der Waals surface area contributed by atoms with Crippen LogP contribution in [0.1, 0.15) is 114 Å². The van der Waals surface area contributed by atoms with Crippen molar-refractivity contribution < 1.29 is 17.8 Å². The van der Waals surface area contributed by atoms with Crippen LogP contribution in [0.5, 0.6) is 0 Å². The van der Waals surface area contributed by atoms with Gasteiger partial charge in [-0.15, -0.1) is 0 Å². The maximum atomic E-state index is 12.3. The first kappa shape index (κ1) is 24.8. The molecule has 0 atom stereocenters. The molecule has 1 aromatic carbocycles. The summed E-state index contributed by atoms with van der Waals surface area (Å²) in [5, 5.41) is 0. The summed E-state index contributed by atoms with van der Waals surface area (Å²) >= 11 is 0. The standard InChI is InChI=1S/C23H38O4S/c1-2-3-4-5-6-7-8-9-10-11-12-13-14-15-19-22(24)21-18-16-17-20-23(21)28(25,26)27/h16-18,20H,2-15,19H2,1H3,(H,25,26,27). The highest BCUT2D eigenvalue weighted by molar-refractivity contribution is 7.86. The Hall–Kier alpha value is -1.20. The molecular formula is C23H38O4S. The highest BCUT2D eigenvalue weighted by atomic mass is 32.2. The van der Waals surface area contributed by atoms with Gasteiger partial charge in [-0.25, -0.2) is 0 Å². The summed E-state index contributed by atoms with van der Waals surface area (Å²) < 4.78 is 32.0. The first-order valence-corrected chi connectivity index (χ1v) is 12.5. The molecule has 0 spiro atoms. The fraction of sp³-hybridized carbons (Fsp3) is 0.696. The molecule has 4 nitrogen and oxygen atoms in total. The predicted octanol–water partition coefficient (Wildman–Crippen LogP) is 6.99. The van der Waals surface area contributed by atoms with Crippen molar-refractivity contribution in [1.82, 2.24) is 0 Å². The fourth-order valence-electron chi connectivity index (χ4n) is 3.54. The van der Waals surface area contributed by atoms with E-state index in [0.717, 1.165) is 19.3 Å². The Kier molecular flexibility index (Phi) is 13.1. The summed E-state index contributed by atoms with van der Waals surface area (Å²) in [6.07, 6.45) is 17.9. The second kappa shape index (κ2) is 14.7. The normalized spacial score (nSPS) is 11.6. The van der Waals surface area contributed by atoms with Crippen molar-refractivity contribution in [3.63, 3.8) is 0 Å². The number of Topliss-reactive ketones (excluding diaryl/α,β-unsaturated/α-hetero) is 1. The molecule has 0 aliphatic heterocycles. The lowest BCUT2D eigenvalue weighted by atomic mass is 10.0. The molecule has 0 amide bonds. The molecule has 1 aromatic rings. The Morgan fingerprint density at radius 3 is 1.64 bits per heavy atom. The van der Waals surface area contributed by atoms with Crippen molar-refractivity contribution >= 4 is 15.9 Å². The number of unbranched alkanes of at least 4 members (excludes halogenated alkanes) is 13. The van der Waals surface area contributed by atoms with Gasteiger partial charge in [0.1, 0.15) is 4.90 Å². The molecule has 0 aromatic heterocycles. The second-order valence-electron chi connectivity index (χ2n) is 7.74. The number of hydrogen-bond donors (Lipinski definition) is 1. The third kappa shape index (κ3) is 11.0. The van der Waals surface area contributed by atoms with Crippen LogP contribution in [0.3, 0.4) is 0 Å². The van der Waals surface area contributed by atoms with Gasteiger partial charge in [0.25, 0.3) is 10.1 Å². The molecule has 0 bridgehead atoms. The Labute approximate surface area is 171 Å². The van der Waals surface area contributed by atoms with Gasteiger partial charge in [-0.3, -0.25) is 9.35 Å². The molecule has 0 unspecified atom stereocenters. The summed E-state index contributed by atoms with van der Waals surface area (Å²) in [7, 11) is -4.36. The smallest absolute Gasteiger partial charge is 0.294 e. The van der Waals surface area contributed by atoms with Gasteiger partial charge in [-0.2, -0.15) is 8.42 Å². The first-order chi connectivity index (χ1) is 13.5. The van der Waals surface area contributed by atoms with Gasteiger partial charge in [-0.05, 0) is 12.5 Å². The van der Waals surface area contributed by atoms with E-state index in [4.69, 9.17) is 0 Å². The fourth-order valence-corrected chi connectivity index (χ4v) is 4.25. The van der Waals surface area contributed by atoms with Crippen LogP contribution < -0.4 is 0 Å². The minimum absolute atomic E-state index is 0.0969. The summed E-state index contributed by atoms with van der Waals surface area (Å²) in [4.78, 5) is 12.0. The second-order valence-corrected chi connectivity index (χ2v) is 9.13. The van der Waals surface area contributed by atoms with Gasteiger partial charge in [0.15, 0.2) is 5.78 Å². The summed E-state index contributed by atoms with van der Waals surface area (Å²) in [5.41, 5.74) is 0.0969. The van der Waals surface area contributed by atoms with Crippen LogP contribution in [0.25, 0.3) is 0 Å². The summed E-state index contributed by atoms with van der Waals surface area (Å²) in [6, 6.07) is 5.86. The molecule has 0 radical (unpaired) electrons. The van der Waals surface area contributed by atoms with Gasteiger partial charge < -0.3 is 0 Å². The maximum absolute atomic E-state index is 12.3. The quantitative estimate of drug-likeness (QED) is 0.171. The van der Waals surface area contributed by atoms with Gasteiger partial charge >= 0.3 is 0 Å². The van der Waals surface area contributed by atoms with Crippen LogP contribution in [0.2, 0.25) is 0 Å². The Morgan fingerprint density at radius 2 is 1.18 bits per heavy atom. The largest absolute Gasteiger partial charge is 0.295 e. The first-order valence-electron chi connectivity index (χ1n) is 11.1. The number of carbonyl (C=O) groups excluding carboxylic acids is 1. The third-order valence-electron chi connectivity index (χ3n) is 5.22.